The van der Waals surface area contributed by atoms with E-state index in [0.717, 1.165) is 22.7 Å². The first-order valence-electron chi connectivity index (χ1n) is 13.8. The van der Waals surface area contributed by atoms with Crippen LogP contribution < -0.4 is 5.32 Å². The first kappa shape index (κ1) is 31.5. The van der Waals surface area contributed by atoms with Crippen LogP contribution in [0.15, 0.2) is 77.7 Å². The summed E-state index contributed by atoms with van der Waals surface area (Å²) in [5, 5.41) is 3.76. The highest BCUT2D eigenvalue weighted by Crippen LogP contribution is 2.30. The SMILES string of the molecule is CCCCNC(=O)[C@H](Cc1ccccc1)N(Cc1ccc(Cl)cc1Cl)C(=O)CCCN1C(=O)c2ccccc2S1(=O)=O. The van der Waals surface area contributed by atoms with Crippen molar-refractivity contribution in [2.45, 2.75) is 56.5 Å². The van der Waals surface area contributed by atoms with Gasteiger partial charge in [0, 0.05) is 42.5 Å². The second-order valence-electron chi connectivity index (χ2n) is 10.1. The predicted molar refractivity (Wildman–Crippen MR) is 163 cm³/mol. The number of unbranched alkanes of at least 4 members (excludes halogenated alkanes) is 1. The Hall–Kier alpha value is -3.40. The monoisotopic (exact) mass is 629 g/mol. The van der Waals surface area contributed by atoms with Crippen LogP contribution in [0.1, 0.15) is 54.1 Å². The van der Waals surface area contributed by atoms with Crippen LogP contribution in [0.5, 0.6) is 0 Å². The molecule has 3 amide bonds. The summed E-state index contributed by atoms with van der Waals surface area (Å²) in [6.45, 7) is 2.37. The fourth-order valence-corrected chi connectivity index (χ4v) is 6.94. The fraction of sp³-hybridized carbons (Fsp3) is 0.323. The Morgan fingerprint density at radius 3 is 2.38 bits per heavy atom. The Labute approximate surface area is 256 Å². The van der Waals surface area contributed by atoms with Crippen LogP contribution in [0.2, 0.25) is 10.0 Å². The van der Waals surface area contributed by atoms with E-state index in [4.69, 9.17) is 23.2 Å². The topological polar surface area (TPSA) is 104 Å². The number of rotatable bonds is 13. The number of fused-ring (bicyclic) bond motifs is 1. The normalized spacial score (nSPS) is 14.4. The van der Waals surface area contributed by atoms with E-state index in [1.54, 1.807) is 30.3 Å². The zero-order chi connectivity index (χ0) is 30.3. The van der Waals surface area contributed by atoms with Crippen LogP contribution in [0.25, 0.3) is 0 Å². The van der Waals surface area contributed by atoms with E-state index in [-0.39, 0.29) is 54.6 Å². The summed E-state index contributed by atoms with van der Waals surface area (Å²) >= 11 is 12.6. The smallest absolute Gasteiger partial charge is 0.269 e. The largest absolute Gasteiger partial charge is 0.354 e. The molecular weight excluding hydrogens is 597 g/mol. The first-order chi connectivity index (χ1) is 20.1. The summed E-state index contributed by atoms with van der Waals surface area (Å²) in [6, 6.07) is 19.6. The van der Waals surface area contributed by atoms with E-state index >= 15 is 0 Å². The first-order valence-corrected chi connectivity index (χ1v) is 16.0. The number of hydrogen-bond donors (Lipinski definition) is 1. The minimum absolute atomic E-state index is 0.0352. The number of carbonyl (C=O) groups excluding carboxylic acids is 3. The number of nitrogens with zero attached hydrogens (tertiary/aromatic N) is 2. The summed E-state index contributed by atoms with van der Waals surface area (Å²) in [5.74, 6) is -1.27. The van der Waals surface area contributed by atoms with Crippen molar-refractivity contribution in [2.24, 2.45) is 0 Å². The lowest BCUT2D eigenvalue weighted by Gasteiger charge is -2.32. The minimum atomic E-state index is -3.99. The van der Waals surface area contributed by atoms with Gasteiger partial charge in [-0.25, -0.2) is 12.7 Å². The molecule has 4 rings (SSSR count). The van der Waals surface area contributed by atoms with Crippen molar-refractivity contribution in [1.29, 1.82) is 0 Å². The highest BCUT2D eigenvalue weighted by atomic mass is 35.5. The summed E-state index contributed by atoms with van der Waals surface area (Å²) in [7, 11) is -3.99. The standard InChI is InChI=1S/C31H33Cl2N3O5S/c1-2-3-17-34-30(38)27(19-22-10-5-4-6-11-22)35(21-23-15-16-24(32)20-26(23)33)29(37)14-9-18-36-31(39)25-12-7-8-13-28(25)42(36,40)41/h4-8,10-13,15-16,20,27H,2-3,9,14,17-19,21H2,1H3,(H,34,38)/t27-/m0/s1. The third kappa shape index (κ3) is 7.32. The Kier molecular flexibility index (Phi) is 10.6. The van der Waals surface area contributed by atoms with Crippen molar-refractivity contribution in [3.8, 4) is 0 Å². The molecule has 3 aromatic rings. The maximum atomic E-state index is 13.9. The number of halogens is 2. The van der Waals surface area contributed by atoms with Crippen molar-refractivity contribution in [3.05, 3.63) is 99.5 Å². The van der Waals surface area contributed by atoms with E-state index in [0.29, 0.717) is 22.2 Å². The molecular formula is C31H33Cl2N3O5S. The maximum absolute atomic E-state index is 13.9. The number of sulfonamides is 1. The zero-order valence-corrected chi connectivity index (χ0v) is 25.6. The highest BCUT2D eigenvalue weighted by molar-refractivity contribution is 7.90. The Morgan fingerprint density at radius 2 is 1.69 bits per heavy atom. The van der Waals surface area contributed by atoms with Gasteiger partial charge in [-0.3, -0.25) is 14.4 Å². The van der Waals surface area contributed by atoms with Crippen molar-refractivity contribution in [3.63, 3.8) is 0 Å². The van der Waals surface area contributed by atoms with Crippen LogP contribution in [-0.2, 0) is 32.6 Å². The summed E-state index contributed by atoms with van der Waals surface area (Å²) < 4.78 is 26.7. The Morgan fingerprint density at radius 1 is 0.976 bits per heavy atom. The molecule has 1 aliphatic rings. The molecule has 1 atom stereocenters. The average molecular weight is 631 g/mol. The fourth-order valence-electron chi connectivity index (χ4n) is 4.86. The van der Waals surface area contributed by atoms with E-state index in [1.807, 2.05) is 37.3 Å². The lowest BCUT2D eigenvalue weighted by molar-refractivity contribution is -0.141. The number of nitrogens with one attached hydrogen (secondary N) is 1. The molecule has 1 aliphatic heterocycles. The van der Waals surface area contributed by atoms with E-state index in [1.165, 1.54) is 17.0 Å². The zero-order valence-electron chi connectivity index (χ0n) is 23.3. The molecule has 0 radical (unpaired) electrons. The van der Waals surface area contributed by atoms with Gasteiger partial charge in [0.05, 0.1) is 5.56 Å². The lowest BCUT2D eigenvalue weighted by Crippen LogP contribution is -2.50. The van der Waals surface area contributed by atoms with Crippen molar-refractivity contribution in [2.75, 3.05) is 13.1 Å². The van der Waals surface area contributed by atoms with Crippen LogP contribution in [0.4, 0.5) is 0 Å². The Balaban J connectivity index is 1.58. The third-order valence-electron chi connectivity index (χ3n) is 7.12. The number of carbonyl (C=O) groups is 3. The molecule has 3 aromatic carbocycles. The molecule has 0 fully saturated rings. The molecule has 0 aliphatic carbocycles. The van der Waals surface area contributed by atoms with Crippen molar-refractivity contribution < 1.29 is 22.8 Å². The molecule has 0 bridgehead atoms. The van der Waals surface area contributed by atoms with Gasteiger partial charge < -0.3 is 10.2 Å². The van der Waals surface area contributed by atoms with Crippen LogP contribution >= 0.6 is 23.2 Å². The van der Waals surface area contributed by atoms with Gasteiger partial charge in [0.25, 0.3) is 15.9 Å². The van der Waals surface area contributed by atoms with E-state index in [9.17, 15) is 22.8 Å². The van der Waals surface area contributed by atoms with Gasteiger partial charge in [-0.15, -0.1) is 0 Å². The average Bonchev–Trinajstić information content (AvgIpc) is 3.17. The molecule has 0 spiro atoms. The van der Waals surface area contributed by atoms with Crippen molar-refractivity contribution in [1.82, 2.24) is 14.5 Å². The second-order valence-corrected chi connectivity index (χ2v) is 12.8. The minimum Gasteiger partial charge on any atom is -0.354 e. The quantitative estimate of drug-likeness (QED) is 0.252. The van der Waals surface area contributed by atoms with Gasteiger partial charge in [-0.05, 0) is 48.2 Å². The summed E-state index contributed by atoms with van der Waals surface area (Å²) in [4.78, 5) is 41.7. The second kappa shape index (κ2) is 14.2. The third-order valence-corrected chi connectivity index (χ3v) is 9.55. The summed E-state index contributed by atoms with van der Waals surface area (Å²) in [5.41, 5.74) is 1.61. The number of hydrogen-bond acceptors (Lipinski definition) is 5. The Bertz CT molecular complexity index is 1550. The van der Waals surface area contributed by atoms with E-state index < -0.39 is 22.0 Å². The molecule has 222 valence electrons. The van der Waals surface area contributed by atoms with Gasteiger partial charge in [0.15, 0.2) is 0 Å². The van der Waals surface area contributed by atoms with E-state index in [2.05, 4.69) is 5.32 Å². The van der Waals surface area contributed by atoms with Crippen LogP contribution in [0.3, 0.4) is 0 Å². The number of amides is 3. The van der Waals surface area contributed by atoms with Crippen LogP contribution in [0, 0.1) is 0 Å². The molecule has 1 N–H and O–H groups in total. The molecule has 0 saturated heterocycles. The van der Waals surface area contributed by atoms with Gasteiger partial charge in [0.1, 0.15) is 10.9 Å². The van der Waals surface area contributed by atoms with Gasteiger partial charge in [-0.2, -0.15) is 0 Å². The van der Waals surface area contributed by atoms with Crippen molar-refractivity contribution >= 4 is 50.9 Å². The molecule has 0 aromatic heterocycles. The highest BCUT2D eigenvalue weighted by Gasteiger charge is 2.40. The van der Waals surface area contributed by atoms with Gasteiger partial charge in [0.2, 0.25) is 11.8 Å². The molecule has 0 saturated carbocycles. The lowest BCUT2D eigenvalue weighted by atomic mass is 10.0. The van der Waals surface area contributed by atoms with Gasteiger partial charge >= 0.3 is 0 Å². The van der Waals surface area contributed by atoms with Gasteiger partial charge in [-0.1, -0.05) is 85.1 Å². The predicted octanol–water partition coefficient (Wildman–Crippen LogP) is 5.47. The molecule has 1 heterocycles. The maximum Gasteiger partial charge on any atom is 0.269 e. The molecule has 11 heteroatoms. The van der Waals surface area contributed by atoms with Crippen LogP contribution in [-0.4, -0.2) is 54.5 Å². The summed E-state index contributed by atoms with van der Waals surface area (Å²) in [6.07, 6.45) is 1.95. The molecule has 8 nitrogen and oxygen atoms in total. The molecule has 42 heavy (non-hydrogen) atoms. The molecule has 0 unspecified atom stereocenters. The number of benzene rings is 3.